The second-order valence-corrected chi connectivity index (χ2v) is 8.36. The van der Waals surface area contributed by atoms with E-state index in [0.29, 0.717) is 11.1 Å². The number of carbonyl (C=O) groups excluding carboxylic acids is 1. The van der Waals surface area contributed by atoms with Gasteiger partial charge in [-0.1, -0.05) is 30.3 Å². The fourth-order valence-corrected chi connectivity index (χ4v) is 3.23. The molecule has 0 bridgehead atoms. The molecule has 2 atom stereocenters. The zero-order valence-corrected chi connectivity index (χ0v) is 16.3. The van der Waals surface area contributed by atoms with Crippen LogP contribution in [0.5, 0.6) is 0 Å². The van der Waals surface area contributed by atoms with E-state index in [-0.39, 0.29) is 11.3 Å². The molecule has 2 aromatic rings. The van der Waals surface area contributed by atoms with Gasteiger partial charge in [0, 0.05) is 11.8 Å². The summed E-state index contributed by atoms with van der Waals surface area (Å²) in [7, 11) is -5.37. The van der Waals surface area contributed by atoms with Gasteiger partial charge >= 0.3 is 11.9 Å². The van der Waals surface area contributed by atoms with Crippen LogP contribution < -0.4 is 5.32 Å². The monoisotopic (exact) mass is 470 g/mol. The van der Waals surface area contributed by atoms with Gasteiger partial charge in [-0.3, -0.25) is 9.78 Å². The van der Waals surface area contributed by atoms with E-state index in [1.165, 1.54) is 30.3 Å². The molecule has 0 spiro atoms. The zero-order chi connectivity index (χ0) is 23.4. The summed E-state index contributed by atoms with van der Waals surface area (Å²) in [6.45, 7) is -1.30. The van der Waals surface area contributed by atoms with Gasteiger partial charge in [0.15, 0.2) is 0 Å². The van der Waals surface area contributed by atoms with Crippen LogP contribution in [0.4, 0.5) is 26.3 Å². The first kappa shape index (κ1) is 24.6. The number of rotatable bonds is 8. The number of halogens is 6. The molecular weight excluding hydrogens is 454 g/mol. The number of alkyl halides is 6. The molecule has 2 N–H and O–H groups in total. The first-order chi connectivity index (χ1) is 14.4. The van der Waals surface area contributed by atoms with E-state index in [4.69, 9.17) is 0 Å². The molecule has 0 aliphatic carbocycles. The Morgan fingerprint density at radius 1 is 1.06 bits per heavy atom. The summed E-state index contributed by atoms with van der Waals surface area (Å²) < 4.78 is 97.3. The topological polar surface area (TPSA) is 96.4 Å². The van der Waals surface area contributed by atoms with Crippen molar-refractivity contribution < 1.29 is 44.7 Å². The number of benzene rings is 1. The maximum Gasteiger partial charge on any atom is 0.497 e. The average Bonchev–Trinajstić information content (AvgIpc) is 2.71. The predicted octanol–water partition coefficient (Wildman–Crippen LogP) is 2.94. The number of nitrogens with one attached hydrogen (secondary N) is 1. The lowest BCUT2D eigenvalue weighted by atomic mass is 9.99. The molecule has 2 rings (SSSR count). The highest BCUT2D eigenvalue weighted by Crippen LogP contribution is 2.27. The highest BCUT2D eigenvalue weighted by molar-refractivity contribution is 7.91. The number of hydrogen-bond acceptors (Lipinski definition) is 5. The minimum Gasteiger partial charge on any atom is -0.386 e. The van der Waals surface area contributed by atoms with Crippen molar-refractivity contribution in [3.8, 4) is 11.1 Å². The molecule has 1 aromatic heterocycles. The number of aliphatic hydroxyl groups excluding tert-OH is 1. The van der Waals surface area contributed by atoms with E-state index >= 15 is 0 Å². The molecule has 6 nitrogen and oxygen atoms in total. The lowest BCUT2D eigenvalue weighted by Crippen LogP contribution is -2.43. The van der Waals surface area contributed by atoms with Crippen molar-refractivity contribution in [2.75, 3.05) is 6.67 Å². The number of hydrogen-bond donors (Lipinski definition) is 2. The van der Waals surface area contributed by atoms with Crippen LogP contribution in [0.25, 0.3) is 11.1 Å². The Kier molecular flexibility index (Phi) is 7.65. The normalized spacial score (nSPS) is 14.3. The number of sulfone groups is 1. The Labute approximate surface area is 172 Å². The van der Waals surface area contributed by atoms with E-state index in [1.54, 1.807) is 5.32 Å². The van der Waals surface area contributed by atoms with Gasteiger partial charge < -0.3 is 10.4 Å². The van der Waals surface area contributed by atoms with Gasteiger partial charge in [0.25, 0.3) is 15.7 Å². The van der Waals surface area contributed by atoms with E-state index in [9.17, 15) is 44.7 Å². The molecule has 13 heteroatoms. The zero-order valence-electron chi connectivity index (χ0n) is 15.5. The molecule has 0 aliphatic heterocycles. The Morgan fingerprint density at radius 2 is 1.65 bits per heavy atom. The molecule has 0 aliphatic rings. The number of aliphatic hydroxyl groups is 1. The fraction of sp³-hybridized carbons (Fsp3) is 0.333. The van der Waals surface area contributed by atoms with Crippen molar-refractivity contribution in [3.05, 3.63) is 53.9 Å². The minimum absolute atomic E-state index is 0.113. The van der Waals surface area contributed by atoms with Gasteiger partial charge in [0.1, 0.15) is 18.5 Å². The van der Waals surface area contributed by atoms with Gasteiger partial charge in [-0.2, -0.15) is 22.0 Å². The predicted molar refractivity (Wildman–Crippen MR) is 97.2 cm³/mol. The third kappa shape index (κ3) is 6.17. The average molecular weight is 470 g/mol. The summed E-state index contributed by atoms with van der Waals surface area (Å²) in [5.41, 5.74) is -4.71. The van der Waals surface area contributed by atoms with Crippen LogP contribution >= 0.6 is 0 Å². The second kappa shape index (κ2) is 9.64. The van der Waals surface area contributed by atoms with Crippen molar-refractivity contribution in [1.82, 2.24) is 10.3 Å². The number of pyridine rings is 1. The van der Waals surface area contributed by atoms with Crippen molar-refractivity contribution >= 4 is 15.7 Å². The number of carbonyl (C=O) groups is 1. The lowest BCUT2D eigenvalue weighted by Gasteiger charge is -2.22. The second-order valence-electron chi connectivity index (χ2n) is 6.38. The summed E-state index contributed by atoms with van der Waals surface area (Å²) >= 11 is 0. The molecule has 31 heavy (non-hydrogen) atoms. The van der Waals surface area contributed by atoms with E-state index in [1.807, 2.05) is 0 Å². The molecule has 0 fully saturated rings. The van der Waals surface area contributed by atoms with E-state index in [2.05, 4.69) is 4.98 Å². The van der Waals surface area contributed by atoms with Crippen molar-refractivity contribution in [2.24, 2.45) is 0 Å². The first-order valence-corrected chi connectivity index (χ1v) is 10.2. The van der Waals surface area contributed by atoms with Gasteiger partial charge in [0.05, 0.1) is 11.7 Å². The summed E-state index contributed by atoms with van der Waals surface area (Å²) in [5.74, 6) is -3.03. The van der Waals surface area contributed by atoms with E-state index < -0.39 is 52.3 Å². The largest absolute Gasteiger partial charge is 0.497 e. The molecule has 0 radical (unpaired) electrons. The molecular formula is C18H16F6N2O4S. The van der Waals surface area contributed by atoms with Crippen molar-refractivity contribution in [1.29, 1.82) is 0 Å². The standard InChI is InChI=1S/C18H16F6N2O4S/c19-7-14(26-17(28)16(20)21)15(27)11-3-1-10(2-4-11)12-5-6-13(25-8-12)9-31(29,30)18(22,23)24/h1-6,8,14-16,27H,7,9H2,(H,26,28)/t14-,15-/m1/s1. The van der Waals surface area contributed by atoms with Gasteiger partial charge in [-0.05, 0) is 17.2 Å². The van der Waals surface area contributed by atoms with Gasteiger partial charge in [0.2, 0.25) is 0 Å². The molecule has 170 valence electrons. The van der Waals surface area contributed by atoms with Crippen LogP contribution in [-0.4, -0.2) is 49.1 Å². The van der Waals surface area contributed by atoms with Gasteiger partial charge in [-0.25, -0.2) is 12.8 Å². The summed E-state index contributed by atoms with van der Waals surface area (Å²) in [6, 6.07) is 6.40. The smallest absolute Gasteiger partial charge is 0.386 e. The first-order valence-electron chi connectivity index (χ1n) is 8.52. The lowest BCUT2D eigenvalue weighted by molar-refractivity contribution is -0.133. The summed E-state index contributed by atoms with van der Waals surface area (Å²) in [4.78, 5) is 14.7. The molecule has 1 heterocycles. The van der Waals surface area contributed by atoms with Crippen molar-refractivity contribution in [2.45, 2.75) is 29.8 Å². The third-order valence-corrected chi connectivity index (χ3v) is 5.56. The maximum atomic E-state index is 13.0. The molecule has 1 aromatic carbocycles. The molecule has 1 amide bonds. The highest BCUT2D eigenvalue weighted by Gasteiger charge is 2.45. The molecule has 0 unspecified atom stereocenters. The van der Waals surface area contributed by atoms with Crippen LogP contribution in [0.2, 0.25) is 0 Å². The van der Waals surface area contributed by atoms with Crippen LogP contribution in [-0.2, 0) is 20.4 Å². The van der Waals surface area contributed by atoms with E-state index in [0.717, 1.165) is 12.3 Å². The van der Waals surface area contributed by atoms with Crippen LogP contribution in [0.3, 0.4) is 0 Å². The summed E-state index contributed by atoms with van der Waals surface area (Å²) in [6.07, 6.45) is -3.83. The third-order valence-electron chi connectivity index (χ3n) is 4.17. The quantitative estimate of drug-likeness (QED) is 0.579. The Balaban J connectivity index is 2.13. The van der Waals surface area contributed by atoms with Crippen molar-refractivity contribution in [3.63, 3.8) is 0 Å². The fourth-order valence-electron chi connectivity index (χ4n) is 2.51. The number of nitrogens with zero attached hydrogens (tertiary/aromatic N) is 1. The Hall–Kier alpha value is -2.67. The Morgan fingerprint density at radius 3 is 2.10 bits per heavy atom. The van der Waals surface area contributed by atoms with Gasteiger partial charge in [-0.15, -0.1) is 0 Å². The maximum absolute atomic E-state index is 13.0. The minimum atomic E-state index is -5.39. The van der Waals surface area contributed by atoms with Crippen LogP contribution in [0.1, 0.15) is 17.4 Å². The van der Waals surface area contributed by atoms with Crippen LogP contribution in [0, 0.1) is 0 Å². The summed E-state index contributed by atoms with van der Waals surface area (Å²) in [5, 5.41) is 11.8. The number of aromatic nitrogens is 1. The SMILES string of the molecule is O=C(N[C@H](CF)[C@H](O)c1ccc(-c2ccc(CS(=O)(=O)C(F)(F)F)nc2)cc1)C(F)F. The number of amides is 1. The highest BCUT2D eigenvalue weighted by atomic mass is 32.2. The Bertz CT molecular complexity index is 995. The molecule has 0 saturated carbocycles. The van der Waals surface area contributed by atoms with Crippen LogP contribution in [0.15, 0.2) is 42.6 Å². The molecule has 0 saturated heterocycles.